The molecular weight excluding hydrogens is 431 g/mol. The molecule has 0 bridgehead atoms. The van der Waals surface area contributed by atoms with Gasteiger partial charge in [-0.05, 0) is 38.5 Å². The van der Waals surface area contributed by atoms with E-state index in [4.69, 9.17) is 9.26 Å². The number of ether oxygens (including phenoxy) is 1. The van der Waals surface area contributed by atoms with Gasteiger partial charge in [0.05, 0.1) is 11.1 Å². The molecule has 0 saturated carbocycles. The molecule has 3 saturated heterocycles. The summed E-state index contributed by atoms with van der Waals surface area (Å²) >= 11 is 0. The first-order valence-electron chi connectivity index (χ1n) is 10.9. The van der Waals surface area contributed by atoms with Crippen LogP contribution in [0.15, 0.2) is 4.52 Å². The number of morpholine rings is 1. The Morgan fingerprint density at radius 2 is 1.97 bits per heavy atom. The van der Waals surface area contributed by atoms with Crippen LogP contribution in [0.5, 0.6) is 0 Å². The molecule has 9 nitrogen and oxygen atoms in total. The molecule has 178 valence electrons. The number of nitrogens with one attached hydrogen (secondary N) is 1. The van der Waals surface area contributed by atoms with Gasteiger partial charge in [-0.2, -0.15) is 18.2 Å². The van der Waals surface area contributed by atoms with Crippen LogP contribution < -0.4 is 5.32 Å². The first-order valence-corrected chi connectivity index (χ1v) is 10.9. The van der Waals surface area contributed by atoms with Gasteiger partial charge in [0.2, 0.25) is 11.8 Å². The van der Waals surface area contributed by atoms with Gasteiger partial charge in [0, 0.05) is 32.6 Å². The van der Waals surface area contributed by atoms with Gasteiger partial charge in [0.15, 0.2) is 0 Å². The van der Waals surface area contributed by atoms with E-state index in [1.165, 1.54) is 0 Å². The second kappa shape index (κ2) is 8.20. The number of alkyl halides is 3. The fourth-order valence-electron chi connectivity index (χ4n) is 5.04. The van der Waals surface area contributed by atoms with Gasteiger partial charge < -0.3 is 24.4 Å². The standard InChI is InChI=1S/C20H28F3N5O4/c1-3-19-12-28(9-6-18(19,2)31-11-14(29)25-19)17(30)27-7-4-13(5-8-27)10-15-24-16(26-32-15)20(21,22)23/h13H,3-12H2,1-2H3,(H,25,29)/t18-,19+/m0/s1. The number of amides is 3. The summed E-state index contributed by atoms with van der Waals surface area (Å²) in [7, 11) is 0. The molecule has 3 aliphatic rings. The van der Waals surface area contributed by atoms with Crippen LogP contribution in [0.1, 0.15) is 51.2 Å². The lowest BCUT2D eigenvalue weighted by molar-refractivity contribution is -0.177. The highest BCUT2D eigenvalue weighted by atomic mass is 19.4. The van der Waals surface area contributed by atoms with Crippen molar-refractivity contribution in [3.05, 3.63) is 11.7 Å². The second-order valence-electron chi connectivity index (χ2n) is 9.10. The van der Waals surface area contributed by atoms with Crippen LogP contribution in [0, 0.1) is 5.92 Å². The highest BCUT2D eigenvalue weighted by molar-refractivity contribution is 5.80. The molecule has 0 spiro atoms. The van der Waals surface area contributed by atoms with Gasteiger partial charge in [-0.3, -0.25) is 4.79 Å². The van der Waals surface area contributed by atoms with Crippen LogP contribution in [0.2, 0.25) is 0 Å². The van der Waals surface area contributed by atoms with Crippen LogP contribution in [-0.4, -0.2) is 75.8 Å². The molecule has 1 aromatic heterocycles. The average Bonchev–Trinajstić information content (AvgIpc) is 3.23. The molecule has 3 aliphatic heterocycles. The highest BCUT2D eigenvalue weighted by Crippen LogP contribution is 2.40. The van der Waals surface area contributed by atoms with E-state index in [1.54, 1.807) is 9.80 Å². The first-order chi connectivity index (χ1) is 15.1. The van der Waals surface area contributed by atoms with E-state index in [0.29, 0.717) is 51.9 Å². The maximum atomic E-state index is 13.2. The van der Waals surface area contributed by atoms with Gasteiger partial charge in [-0.15, -0.1) is 0 Å². The molecule has 3 amide bonds. The molecular formula is C20H28F3N5O4. The van der Waals surface area contributed by atoms with Crippen molar-refractivity contribution in [3.63, 3.8) is 0 Å². The number of carbonyl (C=O) groups excluding carboxylic acids is 2. The predicted molar refractivity (Wildman–Crippen MR) is 104 cm³/mol. The minimum Gasteiger partial charge on any atom is -0.363 e. The number of nitrogens with zero attached hydrogens (tertiary/aromatic N) is 4. The Bertz CT molecular complexity index is 870. The third-order valence-corrected chi connectivity index (χ3v) is 7.18. The van der Waals surface area contributed by atoms with Gasteiger partial charge >= 0.3 is 12.2 Å². The van der Waals surface area contributed by atoms with Gasteiger partial charge in [-0.25, -0.2) is 4.79 Å². The molecule has 0 aliphatic carbocycles. The number of fused-ring (bicyclic) bond motifs is 1. The Morgan fingerprint density at radius 1 is 1.25 bits per heavy atom. The molecule has 0 unspecified atom stereocenters. The zero-order valence-electron chi connectivity index (χ0n) is 18.2. The second-order valence-corrected chi connectivity index (χ2v) is 9.10. The molecule has 32 heavy (non-hydrogen) atoms. The Morgan fingerprint density at radius 3 is 2.59 bits per heavy atom. The van der Waals surface area contributed by atoms with Gasteiger partial charge in [0.25, 0.3) is 5.82 Å². The van der Waals surface area contributed by atoms with Crippen LogP contribution in [0.25, 0.3) is 0 Å². The van der Waals surface area contributed by atoms with Crippen molar-refractivity contribution in [3.8, 4) is 0 Å². The van der Waals surface area contributed by atoms with Crippen LogP contribution >= 0.6 is 0 Å². The number of carbonyl (C=O) groups is 2. The van der Waals surface area contributed by atoms with Crippen molar-refractivity contribution in [2.24, 2.45) is 5.92 Å². The van der Waals surface area contributed by atoms with E-state index < -0.39 is 23.1 Å². The maximum absolute atomic E-state index is 13.2. The van der Waals surface area contributed by atoms with Crippen LogP contribution in [0.4, 0.5) is 18.0 Å². The third-order valence-electron chi connectivity index (χ3n) is 7.18. The number of halogens is 3. The molecule has 0 aromatic carbocycles. The summed E-state index contributed by atoms with van der Waals surface area (Å²) in [6, 6.07) is -0.0877. The van der Waals surface area contributed by atoms with E-state index in [1.807, 2.05) is 13.8 Å². The normalized spacial score (nSPS) is 29.6. The quantitative estimate of drug-likeness (QED) is 0.744. The van der Waals surface area contributed by atoms with Crippen molar-refractivity contribution in [1.29, 1.82) is 0 Å². The lowest BCUT2D eigenvalue weighted by Crippen LogP contribution is -2.76. The summed E-state index contributed by atoms with van der Waals surface area (Å²) < 4.78 is 48.5. The molecule has 4 rings (SSSR count). The molecule has 1 N–H and O–H groups in total. The van der Waals surface area contributed by atoms with Crippen molar-refractivity contribution in [1.82, 2.24) is 25.3 Å². The Hall–Kier alpha value is -2.37. The van der Waals surface area contributed by atoms with E-state index in [9.17, 15) is 22.8 Å². The SMILES string of the molecule is CC[C@@]12CN(C(=O)N3CCC(Cc4nc(C(F)(F)F)no4)CC3)CC[C@]1(C)OCC(=O)N2. The minimum atomic E-state index is -4.62. The summed E-state index contributed by atoms with van der Waals surface area (Å²) in [6.45, 7) is 5.92. The van der Waals surface area contributed by atoms with Crippen molar-refractivity contribution in [2.45, 2.75) is 63.3 Å². The summed E-state index contributed by atoms with van der Waals surface area (Å²) in [4.78, 5) is 32.2. The van der Waals surface area contributed by atoms with Crippen molar-refractivity contribution < 1.29 is 32.0 Å². The number of likely N-dealkylation sites (tertiary alicyclic amines) is 2. The fraction of sp³-hybridized carbons (Fsp3) is 0.800. The van der Waals surface area contributed by atoms with Crippen LogP contribution in [0.3, 0.4) is 0 Å². The summed E-state index contributed by atoms with van der Waals surface area (Å²) in [6.07, 6.45) is -1.82. The van der Waals surface area contributed by atoms with E-state index >= 15 is 0 Å². The van der Waals surface area contributed by atoms with Crippen molar-refractivity contribution >= 4 is 11.9 Å². The number of piperidine rings is 2. The Balaban J connectivity index is 1.33. The third kappa shape index (κ3) is 4.16. The largest absolute Gasteiger partial charge is 0.455 e. The molecule has 0 radical (unpaired) electrons. The zero-order chi connectivity index (χ0) is 23.1. The summed E-state index contributed by atoms with van der Waals surface area (Å²) in [5.41, 5.74) is -1.14. The number of aromatic nitrogens is 2. The minimum absolute atomic E-state index is 0.0320. The smallest absolute Gasteiger partial charge is 0.363 e. The van der Waals surface area contributed by atoms with Crippen molar-refractivity contribution in [2.75, 3.05) is 32.8 Å². The Kier molecular flexibility index (Phi) is 5.84. The lowest BCUT2D eigenvalue weighted by Gasteiger charge is -2.57. The Labute approximate surface area is 183 Å². The number of hydrogen-bond acceptors (Lipinski definition) is 6. The summed E-state index contributed by atoms with van der Waals surface area (Å²) in [5, 5.41) is 6.07. The molecule has 1 aromatic rings. The fourth-order valence-corrected chi connectivity index (χ4v) is 5.04. The zero-order valence-corrected chi connectivity index (χ0v) is 18.2. The number of rotatable bonds is 3. The van der Waals surface area contributed by atoms with E-state index in [0.717, 1.165) is 0 Å². The predicted octanol–water partition coefficient (Wildman–Crippen LogP) is 2.22. The molecule has 4 heterocycles. The topological polar surface area (TPSA) is 101 Å². The lowest BCUT2D eigenvalue weighted by atomic mass is 9.72. The molecule has 2 atom stereocenters. The first kappa shape index (κ1) is 22.8. The van der Waals surface area contributed by atoms with E-state index in [-0.39, 0.29) is 36.8 Å². The number of urea groups is 1. The molecule has 12 heteroatoms. The van der Waals surface area contributed by atoms with E-state index in [2.05, 4.69) is 15.5 Å². The number of hydrogen-bond donors (Lipinski definition) is 1. The monoisotopic (exact) mass is 459 g/mol. The molecule has 3 fully saturated rings. The van der Waals surface area contributed by atoms with Gasteiger partial charge in [-0.1, -0.05) is 12.1 Å². The van der Waals surface area contributed by atoms with Crippen LogP contribution in [-0.2, 0) is 22.1 Å². The maximum Gasteiger partial charge on any atom is 0.455 e. The average molecular weight is 459 g/mol. The highest BCUT2D eigenvalue weighted by Gasteiger charge is 2.56. The van der Waals surface area contributed by atoms with Gasteiger partial charge in [0.1, 0.15) is 6.61 Å². The summed E-state index contributed by atoms with van der Waals surface area (Å²) in [5.74, 6) is -1.40.